The summed E-state index contributed by atoms with van der Waals surface area (Å²) in [5.74, 6) is -1.20. The van der Waals surface area contributed by atoms with Gasteiger partial charge in [-0.2, -0.15) is 0 Å². The van der Waals surface area contributed by atoms with Crippen LogP contribution >= 0.6 is 0 Å². The van der Waals surface area contributed by atoms with Crippen LogP contribution in [-0.2, 0) is 4.79 Å². The molecule has 1 saturated heterocycles. The van der Waals surface area contributed by atoms with Crippen LogP contribution in [0, 0.1) is 5.82 Å². The number of aromatic nitrogens is 2. The monoisotopic (exact) mass is 338 g/mol. The number of nitrogens with zero attached hydrogens (tertiary/aromatic N) is 2. The lowest BCUT2D eigenvalue weighted by atomic mass is 10.0. The molecule has 1 aliphatic rings. The SMILES string of the molecule is O=C1NCCN(C(=O)c2cc(F)cc3[nH]cnc23)[C@H]1c1ccccc1. The Morgan fingerprint density at radius 2 is 2.04 bits per heavy atom. The van der Waals surface area contributed by atoms with Gasteiger partial charge in [0, 0.05) is 13.1 Å². The van der Waals surface area contributed by atoms with Crippen LogP contribution in [0.4, 0.5) is 4.39 Å². The van der Waals surface area contributed by atoms with Gasteiger partial charge in [-0.1, -0.05) is 30.3 Å². The number of benzene rings is 2. The second-order valence-corrected chi connectivity index (χ2v) is 5.85. The van der Waals surface area contributed by atoms with Crippen molar-refractivity contribution in [2.24, 2.45) is 0 Å². The highest BCUT2D eigenvalue weighted by atomic mass is 19.1. The molecule has 2 amide bonds. The van der Waals surface area contributed by atoms with E-state index in [-0.39, 0.29) is 11.5 Å². The number of hydrogen-bond donors (Lipinski definition) is 2. The van der Waals surface area contributed by atoms with E-state index in [0.717, 1.165) is 0 Å². The van der Waals surface area contributed by atoms with Crippen molar-refractivity contribution in [2.45, 2.75) is 6.04 Å². The van der Waals surface area contributed by atoms with Crippen LogP contribution in [0.25, 0.3) is 11.0 Å². The Morgan fingerprint density at radius 1 is 1.24 bits per heavy atom. The molecular weight excluding hydrogens is 323 g/mol. The van der Waals surface area contributed by atoms with E-state index in [0.29, 0.717) is 29.7 Å². The third-order valence-corrected chi connectivity index (χ3v) is 4.31. The molecule has 1 aliphatic heterocycles. The van der Waals surface area contributed by atoms with Gasteiger partial charge in [0.05, 0.1) is 17.4 Å². The molecule has 2 N–H and O–H groups in total. The van der Waals surface area contributed by atoms with Crippen LogP contribution in [0.1, 0.15) is 22.0 Å². The van der Waals surface area contributed by atoms with E-state index in [1.54, 1.807) is 12.1 Å². The molecule has 7 heteroatoms. The summed E-state index contributed by atoms with van der Waals surface area (Å²) in [4.78, 5) is 33.9. The molecular formula is C18H15FN4O2. The summed E-state index contributed by atoms with van der Waals surface area (Å²) in [5, 5.41) is 2.78. The third kappa shape index (κ3) is 2.63. The lowest BCUT2D eigenvalue weighted by Crippen LogP contribution is -2.52. The standard InChI is InChI=1S/C18H15FN4O2/c19-12-8-13(15-14(9-12)21-10-22-15)18(25)23-7-6-20-17(24)16(23)11-4-2-1-3-5-11/h1-5,8-10,16H,6-7H2,(H,20,24)(H,21,22)/t16-/m0/s1. The first-order chi connectivity index (χ1) is 12.1. The predicted octanol–water partition coefficient (Wildman–Crippen LogP) is 2.02. The molecule has 2 heterocycles. The molecule has 1 aromatic heterocycles. The van der Waals surface area contributed by atoms with Gasteiger partial charge in [-0.05, 0) is 17.7 Å². The van der Waals surface area contributed by atoms with E-state index in [1.165, 1.54) is 23.4 Å². The van der Waals surface area contributed by atoms with Crippen molar-refractivity contribution in [3.05, 3.63) is 65.7 Å². The topological polar surface area (TPSA) is 78.1 Å². The largest absolute Gasteiger partial charge is 0.352 e. The lowest BCUT2D eigenvalue weighted by molar-refractivity contribution is -0.128. The van der Waals surface area contributed by atoms with Crippen molar-refractivity contribution < 1.29 is 14.0 Å². The van der Waals surface area contributed by atoms with Gasteiger partial charge < -0.3 is 15.2 Å². The van der Waals surface area contributed by atoms with Gasteiger partial charge in [-0.25, -0.2) is 9.37 Å². The van der Waals surface area contributed by atoms with Crippen LogP contribution in [-0.4, -0.2) is 39.8 Å². The Kier molecular flexibility index (Phi) is 3.68. The number of nitrogens with one attached hydrogen (secondary N) is 2. The van der Waals surface area contributed by atoms with Gasteiger partial charge in [0.25, 0.3) is 5.91 Å². The van der Waals surface area contributed by atoms with Gasteiger partial charge in [0.2, 0.25) is 5.91 Å². The molecule has 25 heavy (non-hydrogen) atoms. The number of aromatic amines is 1. The summed E-state index contributed by atoms with van der Waals surface area (Å²) < 4.78 is 13.9. The van der Waals surface area contributed by atoms with Gasteiger partial charge >= 0.3 is 0 Å². The van der Waals surface area contributed by atoms with E-state index in [2.05, 4.69) is 15.3 Å². The summed E-state index contributed by atoms with van der Waals surface area (Å²) >= 11 is 0. The number of piperazine rings is 1. The Balaban J connectivity index is 1.79. The third-order valence-electron chi connectivity index (χ3n) is 4.31. The van der Waals surface area contributed by atoms with Crippen molar-refractivity contribution in [3.63, 3.8) is 0 Å². The minimum Gasteiger partial charge on any atom is -0.352 e. The van der Waals surface area contributed by atoms with Crippen LogP contribution in [0.5, 0.6) is 0 Å². The van der Waals surface area contributed by atoms with Crippen molar-refractivity contribution >= 4 is 22.8 Å². The van der Waals surface area contributed by atoms with Gasteiger partial charge in [0.1, 0.15) is 17.4 Å². The molecule has 2 aromatic carbocycles. The highest BCUT2D eigenvalue weighted by Gasteiger charge is 2.35. The average Bonchev–Trinajstić information content (AvgIpc) is 3.09. The average molecular weight is 338 g/mol. The zero-order valence-electron chi connectivity index (χ0n) is 13.2. The maximum absolute atomic E-state index is 13.9. The summed E-state index contributed by atoms with van der Waals surface area (Å²) in [6.45, 7) is 0.694. The summed E-state index contributed by atoms with van der Waals surface area (Å²) in [6.07, 6.45) is 1.42. The fourth-order valence-electron chi connectivity index (χ4n) is 3.18. The molecule has 0 saturated carbocycles. The molecule has 126 valence electrons. The van der Waals surface area contributed by atoms with E-state index >= 15 is 0 Å². The van der Waals surface area contributed by atoms with Crippen LogP contribution in [0.15, 0.2) is 48.8 Å². The molecule has 6 nitrogen and oxygen atoms in total. The van der Waals surface area contributed by atoms with Crippen molar-refractivity contribution in [3.8, 4) is 0 Å². The zero-order chi connectivity index (χ0) is 17.4. The smallest absolute Gasteiger partial charge is 0.257 e. The first kappa shape index (κ1) is 15.3. The summed E-state index contributed by atoms with van der Waals surface area (Å²) in [6, 6.07) is 10.8. The molecule has 0 aliphatic carbocycles. The number of fused-ring (bicyclic) bond motifs is 1. The Bertz CT molecular complexity index is 954. The quantitative estimate of drug-likeness (QED) is 0.750. The Morgan fingerprint density at radius 3 is 2.84 bits per heavy atom. The maximum atomic E-state index is 13.9. The minimum atomic E-state index is -0.750. The Labute approximate surface area is 142 Å². The second kappa shape index (κ2) is 6.01. The van der Waals surface area contributed by atoms with E-state index < -0.39 is 17.8 Å². The molecule has 1 atom stereocenters. The van der Waals surface area contributed by atoms with Crippen LogP contribution < -0.4 is 5.32 Å². The van der Waals surface area contributed by atoms with Crippen molar-refractivity contribution in [2.75, 3.05) is 13.1 Å². The minimum absolute atomic E-state index is 0.145. The molecule has 0 unspecified atom stereocenters. The summed E-state index contributed by atoms with van der Waals surface area (Å²) in [7, 11) is 0. The number of carbonyl (C=O) groups excluding carboxylic acids is 2. The van der Waals surface area contributed by atoms with Gasteiger partial charge in [-0.3, -0.25) is 9.59 Å². The van der Waals surface area contributed by atoms with Crippen LogP contribution in [0.2, 0.25) is 0 Å². The predicted molar refractivity (Wildman–Crippen MR) is 89.3 cm³/mol. The molecule has 0 radical (unpaired) electrons. The number of rotatable bonds is 2. The highest BCUT2D eigenvalue weighted by molar-refractivity contribution is 6.06. The molecule has 0 spiro atoms. The molecule has 0 bridgehead atoms. The number of halogens is 1. The van der Waals surface area contributed by atoms with E-state index in [9.17, 15) is 14.0 Å². The van der Waals surface area contributed by atoms with Crippen molar-refractivity contribution in [1.82, 2.24) is 20.2 Å². The molecule has 1 fully saturated rings. The lowest BCUT2D eigenvalue weighted by Gasteiger charge is -2.35. The molecule has 4 rings (SSSR count). The molecule has 3 aromatic rings. The van der Waals surface area contributed by atoms with Crippen LogP contribution in [0.3, 0.4) is 0 Å². The normalized spacial score (nSPS) is 17.6. The first-order valence-electron chi connectivity index (χ1n) is 7.91. The number of amides is 2. The highest BCUT2D eigenvalue weighted by Crippen LogP contribution is 2.27. The van der Waals surface area contributed by atoms with E-state index in [4.69, 9.17) is 0 Å². The maximum Gasteiger partial charge on any atom is 0.257 e. The number of H-pyrrole nitrogens is 1. The Hall–Kier alpha value is -3.22. The summed E-state index contributed by atoms with van der Waals surface area (Å²) in [5.41, 5.74) is 1.69. The van der Waals surface area contributed by atoms with E-state index in [1.807, 2.05) is 18.2 Å². The fraction of sp³-hybridized carbons (Fsp3) is 0.167. The number of hydrogen-bond acceptors (Lipinski definition) is 3. The van der Waals surface area contributed by atoms with Crippen molar-refractivity contribution in [1.29, 1.82) is 0 Å². The number of carbonyl (C=O) groups is 2. The first-order valence-corrected chi connectivity index (χ1v) is 7.91. The number of imidazole rings is 1. The van der Waals surface area contributed by atoms with Gasteiger partial charge in [-0.15, -0.1) is 0 Å². The van der Waals surface area contributed by atoms with Gasteiger partial charge in [0.15, 0.2) is 0 Å². The zero-order valence-corrected chi connectivity index (χ0v) is 13.2. The fourth-order valence-corrected chi connectivity index (χ4v) is 3.18. The second-order valence-electron chi connectivity index (χ2n) is 5.85.